The molecule has 4 nitrogen and oxygen atoms in total. The van der Waals surface area contributed by atoms with Crippen molar-refractivity contribution in [1.82, 2.24) is 5.32 Å². The van der Waals surface area contributed by atoms with Crippen LogP contribution in [0, 0.1) is 0 Å². The maximum atomic E-state index is 11.9. The molecule has 0 fully saturated rings. The lowest BCUT2D eigenvalue weighted by Crippen LogP contribution is -2.42. The van der Waals surface area contributed by atoms with E-state index < -0.39 is 24.0 Å². The summed E-state index contributed by atoms with van der Waals surface area (Å²) >= 11 is 17.6. The van der Waals surface area contributed by atoms with E-state index in [0.29, 0.717) is 0 Å². The van der Waals surface area contributed by atoms with Crippen molar-refractivity contribution in [2.45, 2.75) is 26.3 Å². The number of nitrogens with one attached hydrogen (secondary N) is 1. The highest BCUT2D eigenvalue weighted by Crippen LogP contribution is 2.31. The molecule has 1 aromatic rings. The number of hydrogen-bond donors (Lipinski definition) is 1. The molecule has 0 radical (unpaired) electrons. The number of esters is 1. The lowest BCUT2D eigenvalue weighted by atomic mass is 10.1. The van der Waals surface area contributed by atoms with Crippen molar-refractivity contribution in [1.29, 1.82) is 0 Å². The van der Waals surface area contributed by atoms with Crippen molar-refractivity contribution in [3.63, 3.8) is 0 Å². The van der Waals surface area contributed by atoms with E-state index in [1.807, 2.05) is 20.8 Å². The van der Waals surface area contributed by atoms with E-state index in [9.17, 15) is 9.59 Å². The third-order valence-electron chi connectivity index (χ3n) is 2.10. The van der Waals surface area contributed by atoms with Gasteiger partial charge in [0.25, 0.3) is 5.91 Å². The first kappa shape index (κ1) is 17.1. The number of carbonyl (C=O) groups excluding carboxylic acids is 2. The second-order valence-electron chi connectivity index (χ2n) is 5.09. The molecule has 0 aromatic heterocycles. The average Bonchev–Trinajstić information content (AvgIpc) is 2.30. The standard InChI is InChI=1S/C13H14Cl3NO3/c1-13(2,3)17-9(18)6-20-12(19)10-7(14)4-5-8(15)11(10)16/h4-5H,6H2,1-3H3,(H,17,18). The fourth-order valence-electron chi connectivity index (χ4n) is 1.37. The lowest BCUT2D eigenvalue weighted by molar-refractivity contribution is -0.125. The Morgan fingerprint density at radius 2 is 1.70 bits per heavy atom. The van der Waals surface area contributed by atoms with Gasteiger partial charge in [-0.3, -0.25) is 4.79 Å². The fraction of sp³-hybridized carbons (Fsp3) is 0.385. The van der Waals surface area contributed by atoms with Crippen LogP contribution in [0.3, 0.4) is 0 Å². The molecule has 1 amide bonds. The second-order valence-corrected chi connectivity index (χ2v) is 6.28. The number of ether oxygens (including phenoxy) is 1. The summed E-state index contributed by atoms with van der Waals surface area (Å²) < 4.78 is 4.87. The number of halogens is 3. The molecule has 0 saturated heterocycles. The zero-order valence-electron chi connectivity index (χ0n) is 11.2. The maximum absolute atomic E-state index is 11.9. The van der Waals surface area contributed by atoms with E-state index in [-0.39, 0.29) is 20.6 Å². The van der Waals surface area contributed by atoms with Gasteiger partial charge in [-0.1, -0.05) is 34.8 Å². The first-order chi connectivity index (χ1) is 9.11. The zero-order chi connectivity index (χ0) is 15.5. The van der Waals surface area contributed by atoms with Gasteiger partial charge >= 0.3 is 5.97 Å². The summed E-state index contributed by atoms with van der Waals surface area (Å²) in [6.45, 7) is 5.03. The Balaban J connectivity index is 2.74. The lowest BCUT2D eigenvalue weighted by Gasteiger charge is -2.20. The molecule has 0 aliphatic rings. The van der Waals surface area contributed by atoms with Gasteiger partial charge in [-0.05, 0) is 32.9 Å². The molecule has 0 aliphatic carbocycles. The van der Waals surface area contributed by atoms with E-state index >= 15 is 0 Å². The Morgan fingerprint density at radius 1 is 1.15 bits per heavy atom. The van der Waals surface area contributed by atoms with Gasteiger partial charge in [-0.15, -0.1) is 0 Å². The minimum absolute atomic E-state index is 0.000367. The maximum Gasteiger partial charge on any atom is 0.341 e. The van der Waals surface area contributed by atoms with Crippen LogP contribution in [0.1, 0.15) is 31.1 Å². The Kier molecular flexibility index (Phi) is 5.68. The van der Waals surface area contributed by atoms with Gasteiger partial charge < -0.3 is 10.1 Å². The summed E-state index contributed by atoms with van der Waals surface area (Å²) in [5, 5.41) is 2.95. The van der Waals surface area contributed by atoms with Crippen LogP contribution in [0.15, 0.2) is 12.1 Å². The predicted molar refractivity (Wildman–Crippen MR) is 79.7 cm³/mol. The van der Waals surface area contributed by atoms with E-state index in [2.05, 4.69) is 5.32 Å². The topological polar surface area (TPSA) is 55.4 Å². The van der Waals surface area contributed by atoms with E-state index in [1.165, 1.54) is 12.1 Å². The van der Waals surface area contributed by atoms with Crippen LogP contribution in [0.5, 0.6) is 0 Å². The highest BCUT2D eigenvalue weighted by molar-refractivity contribution is 6.46. The van der Waals surface area contributed by atoms with Crippen LogP contribution in [0.2, 0.25) is 15.1 Å². The monoisotopic (exact) mass is 337 g/mol. The second kappa shape index (κ2) is 6.66. The van der Waals surface area contributed by atoms with Crippen molar-refractivity contribution in [2.24, 2.45) is 0 Å². The van der Waals surface area contributed by atoms with Gasteiger partial charge in [-0.25, -0.2) is 4.79 Å². The average molecular weight is 339 g/mol. The molecule has 0 heterocycles. The number of benzene rings is 1. The molecule has 0 aliphatic heterocycles. The first-order valence-electron chi connectivity index (χ1n) is 5.73. The SMILES string of the molecule is CC(C)(C)NC(=O)COC(=O)c1c(Cl)ccc(Cl)c1Cl. The predicted octanol–water partition coefficient (Wildman–Crippen LogP) is 3.72. The van der Waals surface area contributed by atoms with Crippen LogP contribution in [0.25, 0.3) is 0 Å². The summed E-state index contributed by atoms with van der Waals surface area (Å²) in [4.78, 5) is 23.4. The third-order valence-corrected chi connectivity index (χ3v) is 3.22. The molecule has 0 saturated carbocycles. The molecule has 20 heavy (non-hydrogen) atoms. The van der Waals surface area contributed by atoms with E-state index in [1.54, 1.807) is 0 Å². The molecule has 1 rings (SSSR count). The molecular formula is C13H14Cl3NO3. The van der Waals surface area contributed by atoms with Crippen LogP contribution in [-0.4, -0.2) is 24.0 Å². The molecule has 0 atom stereocenters. The largest absolute Gasteiger partial charge is 0.452 e. The number of carbonyl (C=O) groups is 2. The number of hydrogen-bond acceptors (Lipinski definition) is 3. The minimum Gasteiger partial charge on any atom is -0.452 e. The van der Waals surface area contributed by atoms with E-state index in [0.717, 1.165) is 0 Å². The molecule has 0 bridgehead atoms. The summed E-state index contributed by atoms with van der Waals surface area (Å²) in [7, 11) is 0. The molecule has 110 valence electrons. The van der Waals surface area contributed by atoms with Gasteiger partial charge in [0.1, 0.15) is 0 Å². The number of rotatable bonds is 3. The van der Waals surface area contributed by atoms with Crippen molar-refractivity contribution < 1.29 is 14.3 Å². The van der Waals surface area contributed by atoms with Crippen LogP contribution >= 0.6 is 34.8 Å². The Morgan fingerprint density at radius 3 is 2.25 bits per heavy atom. The van der Waals surface area contributed by atoms with Gasteiger partial charge in [-0.2, -0.15) is 0 Å². The summed E-state index contributed by atoms with van der Waals surface area (Å²) in [5.74, 6) is -1.22. The Hall–Kier alpha value is -0.970. The van der Waals surface area contributed by atoms with Gasteiger partial charge in [0.15, 0.2) is 6.61 Å². The highest BCUT2D eigenvalue weighted by atomic mass is 35.5. The summed E-state index contributed by atoms with van der Waals surface area (Å²) in [6, 6.07) is 2.90. The summed E-state index contributed by atoms with van der Waals surface area (Å²) in [6.07, 6.45) is 0. The first-order valence-corrected chi connectivity index (χ1v) is 6.87. The van der Waals surface area contributed by atoms with Gasteiger partial charge in [0.2, 0.25) is 0 Å². The molecule has 1 N–H and O–H groups in total. The van der Waals surface area contributed by atoms with Crippen LogP contribution in [0.4, 0.5) is 0 Å². The quantitative estimate of drug-likeness (QED) is 0.675. The smallest absolute Gasteiger partial charge is 0.341 e. The molecule has 0 spiro atoms. The third kappa shape index (κ3) is 4.85. The zero-order valence-corrected chi connectivity index (χ0v) is 13.5. The van der Waals surface area contributed by atoms with Gasteiger partial charge in [0.05, 0.1) is 20.6 Å². The van der Waals surface area contributed by atoms with Crippen molar-refractivity contribution >= 4 is 46.7 Å². The highest BCUT2D eigenvalue weighted by Gasteiger charge is 2.21. The molecule has 1 aromatic carbocycles. The van der Waals surface area contributed by atoms with E-state index in [4.69, 9.17) is 39.5 Å². The Bertz CT molecular complexity index is 538. The number of amides is 1. The molecule has 7 heteroatoms. The van der Waals surface area contributed by atoms with Gasteiger partial charge in [0, 0.05) is 5.54 Å². The summed E-state index contributed by atoms with van der Waals surface area (Å²) in [5.41, 5.74) is -0.459. The van der Waals surface area contributed by atoms with Crippen molar-refractivity contribution in [3.8, 4) is 0 Å². The normalized spacial score (nSPS) is 11.1. The Labute approximate surface area is 132 Å². The van der Waals surface area contributed by atoms with Crippen LogP contribution in [-0.2, 0) is 9.53 Å². The molecule has 0 unspecified atom stereocenters. The van der Waals surface area contributed by atoms with Crippen LogP contribution < -0.4 is 5.32 Å². The van der Waals surface area contributed by atoms with Crippen molar-refractivity contribution in [3.05, 3.63) is 32.8 Å². The minimum atomic E-state index is -0.799. The molecular weight excluding hydrogens is 325 g/mol. The fourth-order valence-corrected chi connectivity index (χ4v) is 2.05. The van der Waals surface area contributed by atoms with Crippen molar-refractivity contribution in [2.75, 3.05) is 6.61 Å².